The Bertz CT molecular complexity index is 233. The summed E-state index contributed by atoms with van der Waals surface area (Å²) in [6.45, 7) is 9.72. The smallest absolute Gasteiger partial charge is 0.191 e. The van der Waals surface area contributed by atoms with Crippen LogP contribution in [0.4, 0.5) is 0 Å². The SMILES string of the molecule is CC1CN(C(N)=NCCSC(C)C)CCO1. The third-order valence-corrected chi connectivity index (χ3v) is 3.47. The molecular weight excluding hydrogens is 222 g/mol. The summed E-state index contributed by atoms with van der Waals surface area (Å²) in [6, 6.07) is 0. The number of morpholine rings is 1. The molecule has 1 saturated heterocycles. The molecule has 0 saturated carbocycles. The first-order valence-electron chi connectivity index (χ1n) is 5.87. The van der Waals surface area contributed by atoms with E-state index in [1.54, 1.807) is 0 Å². The Morgan fingerprint density at radius 2 is 2.38 bits per heavy atom. The second-order valence-corrected chi connectivity index (χ2v) is 5.97. The number of hydrogen-bond donors (Lipinski definition) is 1. The topological polar surface area (TPSA) is 50.8 Å². The molecule has 0 radical (unpaired) electrons. The van der Waals surface area contributed by atoms with Crippen LogP contribution in [0.5, 0.6) is 0 Å². The third-order valence-electron chi connectivity index (χ3n) is 2.38. The maximum atomic E-state index is 5.94. The first-order valence-corrected chi connectivity index (χ1v) is 6.92. The largest absolute Gasteiger partial charge is 0.375 e. The molecule has 2 N–H and O–H groups in total. The summed E-state index contributed by atoms with van der Waals surface area (Å²) < 4.78 is 5.46. The van der Waals surface area contributed by atoms with Crippen LogP contribution in [0.1, 0.15) is 20.8 Å². The van der Waals surface area contributed by atoms with E-state index in [0.29, 0.717) is 11.2 Å². The van der Waals surface area contributed by atoms with Gasteiger partial charge in [0.15, 0.2) is 5.96 Å². The highest BCUT2D eigenvalue weighted by Gasteiger charge is 2.17. The van der Waals surface area contributed by atoms with E-state index in [1.807, 2.05) is 11.8 Å². The summed E-state index contributed by atoms with van der Waals surface area (Å²) in [5.74, 6) is 1.71. The summed E-state index contributed by atoms with van der Waals surface area (Å²) in [5, 5.41) is 0.667. The summed E-state index contributed by atoms with van der Waals surface area (Å²) in [4.78, 5) is 6.50. The van der Waals surface area contributed by atoms with Gasteiger partial charge in [-0.15, -0.1) is 0 Å². The summed E-state index contributed by atoms with van der Waals surface area (Å²) in [6.07, 6.45) is 0.257. The molecule has 1 aliphatic heterocycles. The van der Waals surface area contributed by atoms with Gasteiger partial charge in [-0.05, 0) is 12.2 Å². The maximum Gasteiger partial charge on any atom is 0.191 e. The van der Waals surface area contributed by atoms with Gasteiger partial charge in [-0.1, -0.05) is 13.8 Å². The molecule has 0 spiro atoms. The number of hydrogen-bond acceptors (Lipinski definition) is 3. The van der Waals surface area contributed by atoms with Crippen LogP contribution in [0.15, 0.2) is 4.99 Å². The van der Waals surface area contributed by atoms with E-state index >= 15 is 0 Å². The van der Waals surface area contributed by atoms with E-state index in [2.05, 4.69) is 30.7 Å². The van der Waals surface area contributed by atoms with Crippen molar-refractivity contribution < 1.29 is 4.74 Å². The molecule has 0 aliphatic carbocycles. The van der Waals surface area contributed by atoms with Crippen molar-refractivity contribution in [3.05, 3.63) is 0 Å². The fourth-order valence-electron chi connectivity index (χ4n) is 1.58. The highest BCUT2D eigenvalue weighted by molar-refractivity contribution is 7.99. The molecule has 1 atom stereocenters. The van der Waals surface area contributed by atoms with Gasteiger partial charge in [-0.2, -0.15) is 11.8 Å². The van der Waals surface area contributed by atoms with E-state index in [1.165, 1.54) is 0 Å². The molecular formula is C11H23N3OS. The van der Waals surface area contributed by atoms with Crippen molar-refractivity contribution in [2.45, 2.75) is 32.1 Å². The molecule has 16 heavy (non-hydrogen) atoms. The van der Waals surface area contributed by atoms with Crippen molar-refractivity contribution in [2.75, 3.05) is 32.0 Å². The van der Waals surface area contributed by atoms with Crippen LogP contribution in [0.25, 0.3) is 0 Å². The Kier molecular flexibility index (Phi) is 5.98. The van der Waals surface area contributed by atoms with Crippen LogP contribution < -0.4 is 5.73 Å². The van der Waals surface area contributed by atoms with Gasteiger partial charge < -0.3 is 15.4 Å². The van der Waals surface area contributed by atoms with Crippen molar-refractivity contribution in [3.63, 3.8) is 0 Å². The minimum atomic E-state index is 0.257. The lowest BCUT2D eigenvalue weighted by atomic mass is 10.3. The minimum Gasteiger partial charge on any atom is -0.375 e. The quantitative estimate of drug-likeness (QED) is 0.459. The molecule has 4 nitrogen and oxygen atoms in total. The van der Waals surface area contributed by atoms with Gasteiger partial charge in [0.2, 0.25) is 0 Å². The van der Waals surface area contributed by atoms with Crippen molar-refractivity contribution in [1.82, 2.24) is 4.90 Å². The van der Waals surface area contributed by atoms with Crippen molar-refractivity contribution in [1.29, 1.82) is 0 Å². The van der Waals surface area contributed by atoms with Gasteiger partial charge in [0.1, 0.15) is 0 Å². The molecule has 0 amide bonds. The molecule has 1 fully saturated rings. The summed E-state index contributed by atoms with van der Waals surface area (Å²) in [7, 11) is 0. The standard InChI is InChI=1S/C11H23N3OS/c1-9(2)16-7-4-13-11(12)14-5-6-15-10(3)8-14/h9-10H,4-8H2,1-3H3,(H2,12,13). The predicted molar refractivity (Wildman–Crippen MR) is 71.1 cm³/mol. The minimum absolute atomic E-state index is 0.257. The van der Waals surface area contributed by atoms with Gasteiger partial charge in [0.05, 0.1) is 19.3 Å². The van der Waals surface area contributed by atoms with Crippen molar-refractivity contribution in [2.24, 2.45) is 10.7 Å². The number of guanidine groups is 1. The Hall–Kier alpha value is -0.420. The van der Waals surface area contributed by atoms with Gasteiger partial charge in [0, 0.05) is 18.8 Å². The number of thioether (sulfide) groups is 1. The third kappa shape index (κ3) is 5.07. The van der Waals surface area contributed by atoms with Crippen molar-refractivity contribution >= 4 is 17.7 Å². The highest BCUT2D eigenvalue weighted by atomic mass is 32.2. The number of nitrogens with two attached hydrogens (primary N) is 1. The van der Waals surface area contributed by atoms with E-state index in [0.717, 1.165) is 32.0 Å². The molecule has 0 aromatic carbocycles. The normalized spacial score (nSPS) is 22.9. The van der Waals surface area contributed by atoms with Gasteiger partial charge in [-0.25, -0.2) is 0 Å². The molecule has 0 bridgehead atoms. The lowest BCUT2D eigenvalue weighted by molar-refractivity contribution is 0.00531. The summed E-state index contributed by atoms with van der Waals surface area (Å²) >= 11 is 1.91. The second kappa shape index (κ2) is 7.01. The van der Waals surface area contributed by atoms with Gasteiger partial charge in [0.25, 0.3) is 0 Å². The molecule has 5 heteroatoms. The molecule has 1 aliphatic rings. The predicted octanol–water partition coefficient (Wildman–Crippen LogP) is 1.16. The number of ether oxygens (including phenoxy) is 1. The van der Waals surface area contributed by atoms with Crippen LogP contribution >= 0.6 is 11.8 Å². The highest BCUT2D eigenvalue weighted by Crippen LogP contribution is 2.08. The fourth-order valence-corrected chi connectivity index (χ4v) is 2.24. The average Bonchev–Trinajstić information content (AvgIpc) is 2.24. The fraction of sp³-hybridized carbons (Fsp3) is 0.909. The molecule has 94 valence electrons. The first-order chi connectivity index (χ1) is 7.59. The molecule has 0 aromatic heterocycles. The number of nitrogens with zero attached hydrogens (tertiary/aromatic N) is 2. The Morgan fingerprint density at radius 3 is 3.00 bits per heavy atom. The average molecular weight is 245 g/mol. The number of aliphatic imine (C=N–C) groups is 1. The zero-order valence-electron chi connectivity index (χ0n) is 10.5. The zero-order chi connectivity index (χ0) is 12.0. The first kappa shape index (κ1) is 13.6. The van der Waals surface area contributed by atoms with Crippen LogP contribution in [0.2, 0.25) is 0 Å². The summed E-state index contributed by atoms with van der Waals surface area (Å²) in [5.41, 5.74) is 5.94. The Morgan fingerprint density at radius 1 is 1.62 bits per heavy atom. The van der Waals surface area contributed by atoms with Crippen LogP contribution in [0.3, 0.4) is 0 Å². The van der Waals surface area contributed by atoms with E-state index in [-0.39, 0.29) is 6.10 Å². The lowest BCUT2D eigenvalue weighted by Gasteiger charge is -2.31. The molecule has 1 unspecified atom stereocenters. The molecule has 1 heterocycles. The Labute approximate surface area is 103 Å². The molecule has 0 aromatic rings. The molecule has 1 rings (SSSR count). The van der Waals surface area contributed by atoms with Crippen LogP contribution in [-0.2, 0) is 4.74 Å². The van der Waals surface area contributed by atoms with E-state index < -0.39 is 0 Å². The van der Waals surface area contributed by atoms with E-state index in [9.17, 15) is 0 Å². The lowest BCUT2D eigenvalue weighted by Crippen LogP contribution is -2.48. The van der Waals surface area contributed by atoms with Gasteiger partial charge in [-0.3, -0.25) is 4.99 Å². The second-order valence-electron chi connectivity index (χ2n) is 4.29. The number of rotatable bonds is 4. The monoisotopic (exact) mass is 245 g/mol. The van der Waals surface area contributed by atoms with Gasteiger partial charge >= 0.3 is 0 Å². The van der Waals surface area contributed by atoms with Crippen molar-refractivity contribution in [3.8, 4) is 0 Å². The van der Waals surface area contributed by atoms with E-state index in [4.69, 9.17) is 10.5 Å². The van der Waals surface area contributed by atoms with Crippen LogP contribution in [0, 0.1) is 0 Å². The zero-order valence-corrected chi connectivity index (χ0v) is 11.3. The maximum absolute atomic E-state index is 5.94. The Balaban J connectivity index is 2.26. The van der Waals surface area contributed by atoms with Crippen LogP contribution in [-0.4, -0.2) is 54.2 Å².